The second kappa shape index (κ2) is 15.0. The first-order chi connectivity index (χ1) is 33.2. The number of thiophene rings is 1. The van der Waals surface area contributed by atoms with Crippen LogP contribution in [-0.4, -0.2) is 14.5 Å². The molecule has 0 radical (unpaired) electrons. The number of fused-ring (bicyclic) bond motifs is 10. The molecule has 0 saturated carbocycles. The van der Waals surface area contributed by atoms with E-state index in [-0.39, 0.29) is 0 Å². The Kier molecular flexibility index (Phi) is 8.42. The van der Waals surface area contributed by atoms with Gasteiger partial charge in [0.2, 0.25) is 5.95 Å². The number of para-hydroxylation sites is 3. The van der Waals surface area contributed by atoms with E-state index in [2.05, 4.69) is 240 Å². The van der Waals surface area contributed by atoms with Gasteiger partial charge in [0.25, 0.3) is 0 Å². The van der Waals surface area contributed by atoms with Crippen molar-refractivity contribution < 1.29 is 0 Å². The number of rotatable bonds is 5. The SMILES string of the molecule is C1=Cc2cc3sc4ccccc4c3cc2N(c2nc(-c3ccc(-c4cccc5ccccc45)cc3)c3ccccc3n2)c2ccc(-c3ccc4c(c3)c3ccccc3n4-c3ccccc3)cc21. The highest BCUT2D eigenvalue weighted by molar-refractivity contribution is 7.25. The highest BCUT2D eigenvalue weighted by atomic mass is 32.1. The first kappa shape index (κ1) is 37.7. The average molecular weight is 871 g/mol. The number of hydrogen-bond acceptors (Lipinski definition) is 4. The molecule has 5 heteroatoms. The molecule has 0 bridgehead atoms. The molecule has 1 aliphatic heterocycles. The van der Waals surface area contributed by atoms with Crippen LogP contribution in [-0.2, 0) is 0 Å². The van der Waals surface area contributed by atoms with Gasteiger partial charge in [0.1, 0.15) is 0 Å². The Balaban J connectivity index is 0.948. The molecule has 10 aromatic carbocycles. The molecule has 0 atom stereocenters. The Morgan fingerprint density at radius 1 is 0.373 bits per heavy atom. The Labute approximate surface area is 390 Å². The number of hydrogen-bond donors (Lipinski definition) is 0. The molecule has 0 aliphatic carbocycles. The van der Waals surface area contributed by atoms with Crippen molar-refractivity contribution in [3.8, 4) is 39.2 Å². The summed E-state index contributed by atoms with van der Waals surface area (Å²) in [6.07, 6.45) is 4.54. The average Bonchev–Trinajstić information content (AvgIpc) is 3.87. The largest absolute Gasteiger partial charge is 0.309 e. The van der Waals surface area contributed by atoms with Gasteiger partial charge in [-0.25, -0.2) is 9.97 Å². The van der Waals surface area contributed by atoms with Crippen molar-refractivity contribution in [1.29, 1.82) is 0 Å². The second-order valence-corrected chi connectivity index (χ2v) is 18.4. The maximum absolute atomic E-state index is 5.57. The lowest BCUT2D eigenvalue weighted by Gasteiger charge is -2.26. The molecule has 0 unspecified atom stereocenters. The third-order valence-electron chi connectivity index (χ3n) is 13.5. The van der Waals surface area contributed by atoms with E-state index in [1.54, 1.807) is 0 Å². The minimum absolute atomic E-state index is 0.625. The van der Waals surface area contributed by atoms with Crippen molar-refractivity contribution in [3.63, 3.8) is 0 Å². The van der Waals surface area contributed by atoms with Crippen LogP contribution >= 0.6 is 11.3 Å². The van der Waals surface area contributed by atoms with Crippen molar-refractivity contribution in [3.05, 3.63) is 230 Å². The van der Waals surface area contributed by atoms with E-state index in [4.69, 9.17) is 9.97 Å². The smallest absolute Gasteiger partial charge is 0.235 e. The maximum atomic E-state index is 5.57. The number of nitrogens with zero attached hydrogens (tertiary/aromatic N) is 4. The van der Waals surface area contributed by atoms with Crippen molar-refractivity contribution in [2.45, 2.75) is 0 Å². The third kappa shape index (κ3) is 6.06. The summed E-state index contributed by atoms with van der Waals surface area (Å²) in [5.74, 6) is 0.625. The van der Waals surface area contributed by atoms with Crippen molar-refractivity contribution in [1.82, 2.24) is 14.5 Å². The van der Waals surface area contributed by atoms with Gasteiger partial charge in [-0.05, 0) is 105 Å². The van der Waals surface area contributed by atoms with Gasteiger partial charge in [-0.1, -0.05) is 164 Å². The Morgan fingerprint density at radius 3 is 1.91 bits per heavy atom. The predicted molar refractivity (Wildman–Crippen MR) is 284 cm³/mol. The van der Waals surface area contributed by atoms with Gasteiger partial charge >= 0.3 is 0 Å². The lowest BCUT2D eigenvalue weighted by Crippen LogP contribution is -2.15. The zero-order chi connectivity index (χ0) is 44.0. The number of aromatic nitrogens is 3. The molecule has 4 heterocycles. The summed E-state index contributed by atoms with van der Waals surface area (Å²) in [6.45, 7) is 0. The van der Waals surface area contributed by atoms with E-state index in [0.717, 1.165) is 61.5 Å². The summed E-state index contributed by atoms with van der Waals surface area (Å²) in [5, 5.41) is 8.43. The Morgan fingerprint density at radius 2 is 1.03 bits per heavy atom. The van der Waals surface area contributed by atoms with Gasteiger partial charge < -0.3 is 4.57 Å². The fourth-order valence-electron chi connectivity index (χ4n) is 10.4. The van der Waals surface area contributed by atoms with E-state index in [9.17, 15) is 0 Å². The van der Waals surface area contributed by atoms with Gasteiger partial charge in [-0.2, -0.15) is 0 Å². The van der Waals surface area contributed by atoms with Gasteiger partial charge in [-0.3, -0.25) is 4.90 Å². The molecule has 3 aromatic heterocycles. The summed E-state index contributed by atoms with van der Waals surface area (Å²) in [5.41, 5.74) is 15.3. The van der Waals surface area contributed by atoms with E-state index in [0.29, 0.717) is 5.95 Å². The highest BCUT2D eigenvalue weighted by Gasteiger charge is 2.26. The van der Waals surface area contributed by atoms with Gasteiger partial charge in [0.05, 0.1) is 33.6 Å². The first-order valence-corrected chi connectivity index (χ1v) is 23.5. The van der Waals surface area contributed by atoms with Gasteiger partial charge in [0, 0.05) is 53.1 Å². The van der Waals surface area contributed by atoms with Crippen LogP contribution in [0.4, 0.5) is 17.3 Å². The summed E-state index contributed by atoms with van der Waals surface area (Å²) < 4.78 is 4.90. The standard InChI is InChI=1S/C62H38N4S/c1-2-15-46(16-3-1)65-56-23-10-7-18-49(56)52-36-43(32-34-57(52)65)42-31-33-55-44(35-42)29-30-45-37-60-53(50-19-8-11-24-59(50)67-60)38-58(45)66(55)62-63-54-22-9-6-20-51(54)61(64-62)41-27-25-40(26-28-41)48-21-12-14-39-13-4-5-17-47(39)48/h1-38H. The molecule has 4 nitrogen and oxygen atoms in total. The van der Waals surface area contributed by atoms with Gasteiger partial charge in [-0.15, -0.1) is 11.3 Å². The zero-order valence-corrected chi connectivity index (χ0v) is 37.0. The van der Waals surface area contributed by atoms with Crippen LogP contribution in [0.3, 0.4) is 0 Å². The lowest BCUT2D eigenvalue weighted by molar-refractivity contribution is 1.11. The van der Waals surface area contributed by atoms with E-state index < -0.39 is 0 Å². The quantitative estimate of drug-likeness (QED) is 0.173. The van der Waals surface area contributed by atoms with Crippen molar-refractivity contribution in [2.75, 3.05) is 4.90 Å². The van der Waals surface area contributed by atoms with E-state index in [1.807, 2.05) is 11.3 Å². The molecule has 0 amide bonds. The molecule has 67 heavy (non-hydrogen) atoms. The van der Waals surface area contributed by atoms with Crippen LogP contribution in [0.25, 0.3) is 115 Å². The van der Waals surface area contributed by atoms with Crippen LogP contribution < -0.4 is 4.90 Å². The summed E-state index contributed by atoms with van der Waals surface area (Å²) in [4.78, 5) is 13.3. The molecule has 0 saturated heterocycles. The minimum Gasteiger partial charge on any atom is -0.309 e. The summed E-state index contributed by atoms with van der Waals surface area (Å²) in [7, 11) is 0. The normalized spacial score (nSPS) is 12.4. The molecular weight excluding hydrogens is 833 g/mol. The van der Waals surface area contributed by atoms with Crippen LogP contribution in [0.15, 0.2) is 218 Å². The van der Waals surface area contributed by atoms with Crippen LogP contribution in [0.2, 0.25) is 0 Å². The molecule has 0 fully saturated rings. The van der Waals surface area contributed by atoms with Crippen molar-refractivity contribution >= 4 is 104 Å². The lowest BCUT2D eigenvalue weighted by atomic mass is 9.96. The molecule has 312 valence electrons. The molecule has 1 aliphatic rings. The fourth-order valence-corrected chi connectivity index (χ4v) is 11.5. The van der Waals surface area contributed by atoms with Crippen molar-refractivity contribution in [2.24, 2.45) is 0 Å². The molecule has 0 N–H and O–H groups in total. The van der Waals surface area contributed by atoms with E-state index in [1.165, 1.54) is 63.9 Å². The minimum atomic E-state index is 0.625. The molecular formula is C62H38N4S. The molecule has 13 aromatic rings. The third-order valence-corrected chi connectivity index (χ3v) is 14.7. The van der Waals surface area contributed by atoms with Gasteiger partial charge in [0.15, 0.2) is 0 Å². The Bertz CT molecular complexity index is 4160. The summed E-state index contributed by atoms with van der Waals surface area (Å²) >= 11 is 1.84. The fraction of sp³-hybridized carbons (Fsp3) is 0. The first-order valence-electron chi connectivity index (χ1n) is 22.7. The highest BCUT2D eigenvalue weighted by Crippen LogP contribution is 2.47. The number of anilines is 3. The van der Waals surface area contributed by atoms with E-state index >= 15 is 0 Å². The second-order valence-electron chi connectivity index (χ2n) is 17.4. The predicted octanol–water partition coefficient (Wildman–Crippen LogP) is 17.2. The topological polar surface area (TPSA) is 34.0 Å². The molecule has 0 spiro atoms. The summed E-state index contributed by atoms with van der Waals surface area (Å²) in [6, 6.07) is 78.9. The van der Waals surface area contributed by atoms with Crippen LogP contribution in [0.1, 0.15) is 11.1 Å². The Hall–Kier alpha value is -8.64. The monoisotopic (exact) mass is 870 g/mol. The molecule has 14 rings (SSSR count). The maximum Gasteiger partial charge on any atom is 0.235 e. The zero-order valence-electron chi connectivity index (χ0n) is 36.1. The number of benzene rings is 10. The van der Waals surface area contributed by atoms with Crippen LogP contribution in [0.5, 0.6) is 0 Å². The van der Waals surface area contributed by atoms with Crippen LogP contribution in [0, 0.1) is 0 Å².